The van der Waals surface area contributed by atoms with Gasteiger partial charge < -0.3 is 16.8 Å². The Morgan fingerprint density at radius 3 is 2.50 bits per heavy atom. The molecule has 0 saturated carbocycles. The van der Waals surface area contributed by atoms with Crippen LogP contribution in [0.2, 0.25) is 0 Å². The van der Waals surface area contributed by atoms with E-state index in [1.165, 1.54) is 12.2 Å². The maximum absolute atomic E-state index is 10.7. The van der Waals surface area contributed by atoms with Gasteiger partial charge in [-0.3, -0.25) is 4.79 Å². The van der Waals surface area contributed by atoms with Crippen molar-refractivity contribution < 1.29 is 4.79 Å². The maximum Gasteiger partial charge on any atom is 0.235 e. The van der Waals surface area contributed by atoms with E-state index in [0.29, 0.717) is 0 Å². The van der Waals surface area contributed by atoms with Crippen LogP contribution in [0.25, 0.3) is 0 Å². The molecule has 0 fully saturated rings. The minimum atomic E-state index is -0.284. The van der Waals surface area contributed by atoms with Crippen molar-refractivity contribution in [1.29, 1.82) is 0 Å². The van der Waals surface area contributed by atoms with E-state index in [0.717, 1.165) is 0 Å². The smallest absolute Gasteiger partial charge is 0.235 e. The van der Waals surface area contributed by atoms with Gasteiger partial charge in [-0.1, -0.05) is 11.6 Å². The van der Waals surface area contributed by atoms with Crippen LogP contribution in [0.15, 0.2) is 23.1 Å². The third-order valence-corrected chi connectivity index (χ3v) is 1.26. The lowest BCUT2D eigenvalue weighted by Gasteiger charge is -2.00. The second-order valence-corrected chi connectivity index (χ2v) is 2.63. The summed E-state index contributed by atoms with van der Waals surface area (Å²) in [5.74, 6) is -0.0273. The van der Waals surface area contributed by atoms with Crippen molar-refractivity contribution >= 4 is 30.1 Å². The Morgan fingerprint density at radius 1 is 1.50 bits per heavy atom. The minimum absolute atomic E-state index is 0.0780. The second kappa shape index (κ2) is 5.79. The van der Waals surface area contributed by atoms with Gasteiger partial charge in [0.1, 0.15) is 5.82 Å². The topological polar surface area (TPSA) is 81.1 Å². The third-order valence-electron chi connectivity index (χ3n) is 0.849. The summed E-state index contributed by atoms with van der Waals surface area (Å²) in [6.45, 7) is 0. The number of halogens is 1. The van der Waals surface area contributed by atoms with Crippen LogP contribution in [-0.2, 0) is 4.79 Å². The molecule has 0 aliphatic rings. The molecular weight excluding hydrogens is 198 g/mol. The van der Waals surface area contributed by atoms with Gasteiger partial charge in [0.25, 0.3) is 0 Å². The molecule has 4 nitrogen and oxygen atoms in total. The van der Waals surface area contributed by atoms with Gasteiger partial charge in [0.2, 0.25) is 5.91 Å². The van der Waals surface area contributed by atoms with Crippen molar-refractivity contribution in [3.8, 4) is 0 Å². The van der Waals surface area contributed by atoms with Crippen LogP contribution in [-0.4, -0.2) is 11.7 Å². The summed E-state index contributed by atoms with van der Waals surface area (Å²) in [4.78, 5) is 10.7. The average molecular weight is 208 g/mol. The van der Waals surface area contributed by atoms with Gasteiger partial charge >= 0.3 is 0 Å². The first kappa shape index (κ1) is 11.2. The maximum atomic E-state index is 10.7. The number of hydrogen-bond acceptors (Lipinski definition) is 4. The molecule has 68 valence electrons. The lowest BCUT2D eigenvalue weighted by Crippen LogP contribution is -2.28. The van der Waals surface area contributed by atoms with Gasteiger partial charge in [0, 0.05) is 0 Å². The second-order valence-electron chi connectivity index (χ2n) is 1.88. The molecule has 0 aliphatic heterocycles. The predicted molar refractivity (Wildman–Crippen MR) is 52.4 cm³/mol. The fourth-order valence-corrected chi connectivity index (χ4v) is 0.554. The van der Waals surface area contributed by atoms with Gasteiger partial charge in [-0.05, 0) is 12.2 Å². The standard InChI is InChI=1S/C6H10ClN3OS/c7-4(8)1-2-5(9)10-6(11)3-12/h1-2,12H,3,8-9H2,(H,10,11)/b4-1-,5-2+. The number of carbonyl (C=O) groups is 1. The first-order valence-corrected chi connectivity index (χ1v) is 4.06. The number of nitrogens with two attached hydrogens (primary N) is 2. The molecule has 0 spiro atoms. The quantitative estimate of drug-likeness (QED) is 0.296. The van der Waals surface area contributed by atoms with Crippen molar-refractivity contribution in [3.63, 3.8) is 0 Å². The highest BCUT2D eigenvalue weighted by molar-refractivity contribution is 7.81. The molecule has 12 heavy (non-hydrogen) atoms. The molecule has 0 aromatic heterocycles. The predicted octanol–water partition coefficient (Wildman–Crippen LogP) is -0.129. The van der Waals surface area contributed by atoms with Gasteiger partial charge in [0.15, 0.2) is 0 Å². The van der Waals surface area contributed by atoms with Crippen LogP contribution in [0.5, 0.6) is 0 Å². The molecule has 5 N–H and O–H groups in total. The van der Waals surface area contributed by atoms with Crippen molar-refractivity contribution in [2.75, 3.05) is 5.75 Å². The number of thiol groups is 1. The number of carbonyl (C=O) groups excluding carboxylic acids is 1. The largest absolute Gasteiger partial charge is 0.389 e. The third kappa shape index (κ3) is 5.94. The number of nitrogens with one attached hydrogen (secondary N) is 1. The Hall–Kier alpha value is -0.810. The highest BCUT2D eigenvalue weighted by Crippen LogP contribution is 1.91. The summed E-state index contributed by atoms with van der Waals surface area (Å²) in [6, 6.07) is 0. The fraction of sp³-hybridized carbons (Fsp3) is 0.167. The molecule has 0 unspecified atom stereocenters. The number of rotatable bonds is 3. The zero-order valence-corrected chi connectivity index (χ0v) is 7.90. The van der Waals surface area contributed by atoms with E-state index in [1.807, 2.05) is 0 Å². The summed E-state index contributed by atoms with van der Waals surface area (Å²) >= 11 is 9.04. The Labute approximate surface area is 81.0 Å². The lowest BCUT2D eigenvalue weighted by atomic mass is 10.5. The van der Waals surface area contributed by atoms with E-state index < -0.39 is 0 Å². The van der Waals surface area contributed by atoms with E-state index in [1.54, 1.807) is 0 Å². The molecule has 0 aromatic rings. The van der Waals surface area contributed by atoms with E-state index in [9.17, 15) is 4.79 Å². The van der Waals surface area contributed by atoms with Crippen molar-refractivity contribution in [1.82, 2.24) is 5.32 Å². The van der Waals surface area contributed by atoms with Crippen LogP contribution >= 0.6 is 24.2 Å². The molecular formula is C6H10ClN3OS. The highest BCUT2D eigenvalue weighted by Gasteiger charge is 1.95. The van der Waals surface area contributed by atoms with Gasteiger partial charge in [-0.25, -0.2) is 0 Å². The molecule has 0 aromatic carbocycles. The number of allylic oxidation sites excluding steroid dienone is 2. The van der Waals surface area contributed by atoms with E-state index in [4.69, 9.17) is 23.1 Å². The summed E-state index contributed by atoms with van der Waals surface area (Å²) in [7, 11) is 0. The van der Waals surface area contributed by atoms with Crippen LogP contribution < -0.4 is 16.8 Å². The Kier molecular flexibility index (Phi) is 5.40. The summed E-state index contributed by atoms with van der Waals surface area (Å²) in [6.07, 6.45) is 2.76. The van der Waals surface area contributed by atoms with E-state index in [-0.39, 0.29) is 22.6 Å². The van der Waals surface area contributed by atoms with Crippen molar-refractivity contribution in [2.24, 2.45) is 11.5 Å². The summed E-state index contributed by atoms with van der Waals surface area (Å²) < 4.78 is 0. The Morgan fingerprint density at radius 2 is 2.08 bits per heavy atom. The normalized spacial score (nSPS) is 12.8. The molecule has 0 radical (unpaired) electrons. The Bertz CT molecular complexity index is 223. The molecule has 0 saturated heterocycles. The molecule has 0 rings (SSSR count). The monoisotopic (exact) mass is 207 g/mol. The molecule has 1 amide bonds. The van der Waals surface area contributed by atoms with E-state index >= 15 is 0 Å². The highest BCUT2D eigenvalue weighted by atomic mass is 35.5. The number of amides is 1. The molecule has 0 heterocycles. The van der Waals surface area contributed by atoms with Crippen LogP contribution in [0.4, 0.5) is 0 Å². The van der Waals surface area contributed by atoms with E-state index in [2.05, 4.69) is 17.9 Å². The lowest BCUT2D eigenvalue weighted by molar-refractivity contribution is -0.117. The van der Waals surface area contributed by atoms with Crippen LogP contribution in [0.3, 0.4) is 0 Å². The Balaban J connectivity index is 4.03. The number of hydrogen-bond donors (Lipinski definition) is 4. The summed E-state index contributed by atoms with van der Waals surface area (Å²) in [5.41, 5.74) is 10.4. The SMILES string of the molecule is N/C(Cl)=C\C=C(/N)NC(=O)CS. The zero-order chi connectivity index (χ0) is 9.56. The van der Waals surface area contributed by atoms with Crippen LogP contribution in [0.1, 0.15) is 0 Å². The molecule has 0 aliphatic carbocycles. The zero-order valence-electron chi connectivity index (χ0n) is 6.25. The minimum Gasteiger partial charge on any atom is -0.389 e. The molecule has 0 atom stereocenters. The first-order chi connectivity index (χ1) is 5.56. The first-order valence-electron chi connectivity index (χ1n) is 3.05. The molecule has 6 heteroatoms. The van der Waals surface area contributed by atoms with Gasteiger partial charge in [0.05, 0.1) is 10.9 Å². The van der Waals surface area contributed by atoms with Crippen molar-refractivity contribution in [3.05, 3.63) is 23.1 Å². The molecule has 0 bridgehead atoms. The van der Waals surface area contributed by atoms with Crippen LogP contribution in [0, 0.1) is 0 Å². The van der Waals surface area contributed by atoms with Crippen molar-refractivity contribution in [2.45, 2.75) is 0 Å². The van der Waals surface area contributed by atoms with Gasteiger partial charge in [-0.15, -0.1) is 0 Å². The fourth-order valence-electron chi connectivity index (χ4n) is 0.412. The summed E-state index contributed by atoms with van der Waals surface area (Å²) in [5, 5.41) is 2.45. The average Bonchev–Trinajstić information content (AvgIpc) is 2.00. The van der Waals surface area contributed by atoms with Gasteiger partial charge in [-0.2, -0.15) is 12.6 Å².